The Morgan fingerprint density at radius 3 is 3.20 bits per heavy atom. The molecule has 0 aromatic carbocycles. The zero-order valence-electron chi connectivity index (χ0n) is 9.24. The van der Waals surface area contributed by atoms with Crippen LogP contribution in [0, 0.1) is 0 Å². The summed E-state index contributed by atoms with van der Waals surface area (Å²) >= 11 is 1.83. The summed E-state index contributed by atoms with van der Waals surface area (Å²) in [5.41, 5.74) is 0. The first-order valence-corrected chi connectivity index (χ1v) is 6.66. The lowest BCUT2D eigenvalue weighted by atomic mass is 10.1. The molecule has 1 aliphatic heterocycles. The largest absolute Gasteiger partial charge is 0.377 e. The van der Waals surface area contributed by atoms with Gasteiger partial charge in [0, 0.05) is 24.1 Å². The minimum absolute atomic E-state index is 0.444. The van der Waals surface area contributed by atoms with E-state index in [-0.39, 0.29) is 0 Å². The average molecular weight is 225 g/mol. The fourth-order valence-electron chi connectivity index (χ4n) is 2.01. The number of ether oxygens (including phenoxy) is 1. The van der Waals surface area contributed by atoms with Crippen molar-refractivity contribution in [3.63, 3.8) is 0 Å². The topological polar surface area (TPSA) is 21.3 Å². The third-order valence-electron chi connectivity index (χ3n) is 2.91. The van der Waals surface area contributed by atoms with E-state index < -0.39 is 0 Å². The molecular weight excluding hydrogens is 206 g/mol. The van der Waals surface area contributed by atoms with Crippen LogP contribution in [0.3, 0.4) is 0 Å². The van der Waals surface area contributed by atoms with Crippen molar-refractivity contribution in [2.45, 2.75) is 38.3 Å². The Hall–Kier alpha value is -0.380. The van der Waals surface area contributed by atoms with Gasteiger partial charge in [-0.3, -0.25) is 0 Å². The maximum Gasteiger partial charge on any atom is 0.0700 e. The van der Waals surface area contributed by atoms with Crippen LogP contribution in [0.5, 0.6) is 0 Å². The van der Waals surface area contributed by atoms with Crippen LogP contribution in [0.4, 0.5) is 0 Å². The molecule has 84 valence electrons. The summed E-state index contributed by atoms with van der Waals surface area (Å²) in [5.74, 6) is 0. The third-order valence-corrected chi connectivity index (χ3v) is 3.90. The highest BCUT2D eigenvalue weighted by molar-refractivity contribution is 7.10. The van der Waals surface area contributed by atoms with Crippen LogP contribution in [-0.2, 0) is 4.74 Å². The van der Waals surface area contributed by atoms with Crippen molar-refractivity contribution in [3.05, 3.63) is 22.4 Å². The van der Waals surface area contributed by atoms with Gasteiger partial charge in [-0.15, -0.1) is 11.3 Å². The zero-order chi connectivity index (χ0) is 10.5. The van der Waals surface area contributed by atoms with Crippen molar-refractivity contribution in [3.8, 4) is 0 Å². The van der Waals surface area contributed by atoms with E-state index in [4.69, 9.17) is 4.74 Å². The normalized spacial score (nSPS) is 23.1. The number of hydrogen-bond acceptors (Lipinski definition) is 3. The highest BCUT2D eigenvalue weighted by atomic mass is 32.1. The molecule has 2 nitrogen and oxygen atoms in total. The summed E-state index contributed by atoms with van der Waals surface area (Å²) in [7, 11) is 0. The van der Waals surface area contributed by atoms with Gasteiger partial charge in [0.1, 0.15) is 0 Å². The van der Waals surface area contributed by atoms with Crippen molar-refractivity contribution in [1.29, 1.82) is 0 Å². The average Bonchev–Trinajstić information content (AvgIpc) is 2.90. The molecule has 1 aromatic rings. The molecule has 0 bridgehead atoms. The molecule has 0 radical (unpaired) electrons. The molecule has 2 rings (SSSR count). The SMILES string of the molecule is CCC(NCC1CCCO1)c1cccs1. The summed E-state index contributed by atoms with van der Waals surface area (Å²) < 4.78 is 5.61. The Morgan fingerprint density at radius 2 is 2.60 bits per heavy atom. The second kappa shape index (κ2) is 5.64. The highest BCUT2D eigenvalue weighted by Crippen LogP contribution is 2.22. The molecule has 0 saturated carbocycles. The highest BCUT2D eigenvalue weighted by Gasteiger charge is 2.17. The van der Waals surface area contributed by atoms with E-state index in [1.54, 1.807) is 0 Å². The van der Waals surface area contributed by atoms with Crippen LogP contribution in [0.2, 0.25) is 0 Å². The molecule has 1 N–H and O–H groups in total. The van der Waals surface area contributed by atoms with Crippen LogP contribution in [-0.4, -0.2) is 19.3 Å². The van der Waals surface area contributed by atoms with Crippen LogP contribution < -0.4 is 5.32 Å². The van der Waals surface area contributed by atoms with Gasteiger partial charge in [-0.05, 0) is 30.7 Å². The molecule has 2 unspecified atom stereocenters. The Bertz CT molecular complexity index is 267. The van der Waals surface area contributed by atoms with E-state index >= 15 is 0 Å². The summed E-state index contributed by atoms with van der Waals surface area (Å²) in [4.78, 5) is 1.44. The minimum Gasteiger partial charge on any atom is -0.377 e. The zero-order valence-corrected chi connectivity index (χ0v) is 10.1. The molecule has 1 fully saturated rings. The summed E-state index contributed by atoms with van der Waals surface area (Å²) in [6.45, 7) is 4.17. The van der Waals surface area contributed by atoms with Gasteiger partial charge in [-0.2, -0.15) is 0 Å². The lowest BCUT2D eigenvalue weighted by molar-refractivity contribution is 0.107. The van der Waals surface area contributed by atoms with Crippen molar-refractivity contribution >= 4 is 11.3 Å². The van der Waals surface area contributed by atoms with Gasteiger partial charge in [0.05, 0.1) is 6.10 Å². The van der Waals surface area contributed by atoms with Gasteiger partial charge >= 0.3 is 0 Å². The van der Waals surface area contributed by atoms with Crippen molar-refractivity contribution in [2.75, 3.05) is 13.2 Å². The van der Waals surface area contributed by atoms with Crippen LogP contribution in [0.1, 0.15) is 37.1 Å². The molecule has 15 heavy (non-hydrogen) atoms. The van der Waals surface area contributed by atoms with E-state index in [9.17, 15) is 0 Å². The van der Waals surface area contributed by atoms with Gasteiger partial charge in [0.15, 0.2) is 0 Å². The molecule has 1 saturated heterocycles. The predicted octanol–water partition coefficient (Wildman–Crippen LogP) is 2.97. The number of thiophene rings is 1. The Morgan fingerprint density at radius 1 is 1.67 bits per heavy atom. The molecule has 1 aliphatic rings. The number of rotatable bonds is 5. The first-order valence-electron chi connectivity index (χ1n) is 5.78. The maximum atomic E-state index is 5.61. The summed E-state index contributed by atoms with van der Waals surface area (Å²) in [6.07, 6.45) is 4.03. The first-order chi connectivity index (χ1) is 7.40. The van der Waals surface area contributed by atoms with Gasteiger partial charge in [0.25, 0.3) is 0 Å². The molecular formula is C12H19NOS. The van der Waals surface area contributed by atoms with E-state index in [2.05, 4.69) is 29.8 Å². The summed E-state index contributed by atoms with van der Waals surface area (Å²) in [5, 5.41) is 5.74. The molecule has 0 amide bonds. The fourth-order valence-corrected chi connectivity index (χ4v) is 2.90. The number of nitrogens with one attached hydrogen (secondary N) is 1. The quantitative estimate of drug-likeness (QED) is 0.832. The van der Waals surface area contributed by atoms with Gasteiger partial charge in [0.2, 0.25) is 0 Å². The van der Waals surface area contributed by atoms with Crippen LogP contribution >= 0.6 is 11.3 Å². The van der Waals surface area contributed by atoms with E-state index in [1.165, 1.54) is 17.7 Å². The lowest BCUT2D eigenvalue weighted by Gasteiger charge is -2.18. The molecule has 1 aromatic heterocycles. The second-order valence-corrected chi connectivity index (χ2v) is 5.00. The Labute approximate surface area is 95.6 Å². The Balaban J connectivity index is 1.80. The molecule has 0 aliphatic carbocycles. The van der Waals surface area contributed by atoms with Crippen molar-refractivity contribution < 1.29 is 4.74 Å². The van der Waals surface area contributed by atoms with Crippen LogP contribution in [0.25, 0.3) is 0 Å². The lowest BCUT2D eigenvalue weighted by Crippen LogP contribution is -2.29. The molecule has 0 spiro atoms. The monoisotopic (exact) mass is 225 g/mol. The molecule has 2 heterocycles. The van der Waals surface area contributed by atoms with Crippen molar-refractivity contribution in [1.82, 2.24) is 5.32 Å². The van der Waals surface area contributed by atoms with Gasteiger partial charge in [-0.1, -0.05) is 13.0 Å². The van der Waals surface area contributed by atoms with E-state index in [1.807, 2.05) is 11.3 Å². The van der Waals surface area contributed by atoms with Crippen LogP contribution in [0.15, 0.2) is 17.5 Å². The van der Waals surface area contributed by atoms with E-state index in [0.717, 1.165) is 19.6 Å². The van der Waals surface area contributed by atoms with Gasteiger partial charge in [-0.25, -0.2) is 0 Å². The predicted molar refractivity (Wildman–Crippen MR) is 64.3 cm³/mol. The molecule has 3 heteroatoms. The van der Waals surface area contributed by atoms with Crippen molar-refractivity contribution in [2.24, 2.45) is 0 Å². The smallest absolute Gasteiger partial charge is 0.0700 e. The number of hydrogen-bond donors (Lipinski definition) is 1. The minimum atomic E-state index is 0.444. The fraction of sp³-hybridized carbons (Fsp3) is 0.667. The second-order valence-electron chi connectivity index (χ2n) is 4.02. The third kappa shape index (κ3) is 3.03. The molecule has 2 atom stereocenters. The standard InChI is InChI=1S/C12H19NOS/c1-2-11(12-6-4-8-15-12)13-9-10-5-3-7-14-10/h4,6,8,10-11,13H,2-3,5,7,9H2,1H3. The maximum absolute atomic E-state index is 5.61. The first kappa shape index (κ1) is 11.1. The van der Waals surface area contributed by atoms with E-state index in [0.29, 0.717) is 12.1 Å². The Kier molecular flexibility index (Phi) is 4.18. The summed E-state index contributed by atoms with van der Waals surface area (Å²) in [6, 6.07) is 4.84. The van der Waals surface area contributed by atoms with Gasteiger partial charge < -0.3 is 10.1 Å².